The van der Waals surface area contributed by atoms with Gasteiger partial charge in [0.2, 0.25) is 17.7 Å². The molecule has 0 saturated heterocycles. The molecule has 36 heavy (non-hydrogen) atoms. The molecule has 0 saturated carbocycles. The van der Waals surface area contributed by atoms with Gasteiger partial charge in [0.05, 0.1) is 6.21 Å². The number of halogens is 1. The van der Waals surface area contributed by atoms with Gasteiger partial charge in [-0.1, -0.05) is 18.2 Å². The van der Waals surface area contributed by atoms with Crippen molar-refractivity contribution in [3.63, 3.8) is 0 Å². The quantitative estimate of drug-likeness (QED) is 0.287. The van der Waals surface area contributed by atoms with E-state index in [2.05, 4.69) is 27.0 Å². The molecule has 1 aromatic heterocycles. The number of hydrogen-bond acceptors (Lipinski definition) is 5. The zero-order chi connectivity index (χ0) is 26.1. The summed E-state index contributed by atoms with van der Waals surface area (Å²) in [5.74, 6) is -2.36. The molecule has 0 spiro atoms. The first-order chi connectivity index (χ1) is 17.3. The van der Waals surface area contributed by atoms with Crippen LogP contribution in [0, 0.1) is 11.2 Å². The highest BCUT2D eigenvalue weighted by Crippen LogP contribution is 2.23. The third kappa shape index (κ3) is 7.46. The minimum Gasteiger partial charge on any atom is -0.361 e. The number of carbonyl (C=O) groups is 4. The molecule has 0 fully saturated rings. The molecule has 2 aromatic rings. The highest BCUT2D eigenvalue weighted by Gasteiger charge is 2.28. The molecule has 190 valence electrons. The van der Waals surface area contributed by atoms with Crippen molar-refractivity contribution in [2.45, 2.75) is 57.7 Å². The van der Waals surface area contributed by atoms with Gasteiger partial charge < -0.3 is 26.3 Å². The van der Waals surface area contributed by atoms with E-state index in [0.29, 0.717) is 11.8 Å². The zero-order valence-corrected chi connectivity index (χ0v) is 20.0. The van der Waals surface area contributed by atoms with Gasteiger partial charge in [-0.15, -0.1) is 0 Å². The van der Waals surface area contributed by atoms with Crippen LogP contribution in [0.4, 0.5) is 4.39 Å². The van der Waals surface area contributed by atoms with Gasteiger partial charge in [-0.3, -0.25) is 19.2 Å². The standard InChI is InChI=1S/C26H30FN5O4/c1-16(33)31-24(12-18-15-29-22-5-3-2-4-21(18)22)26(36)32-23(11-10-20(34)13-28)25(35)30-14-17-6-8-19(27)9-7-17/h3,5-9,13,15,23-24,28-29H,2,4,10-12,14H2,1H3,(H,30,35)(H,31,33)(H,32,36)/t23-,24-/m0/s1. The summed E-state index contributed by atoms with van der Waals surface area (Å²) in [6.07, 6.45) is 8.33. The van der Waals surface area contributed by atoms with Gasteiger partial charge in [0.25, 0.3) is 0 Å². The lowest BCUT2D eigenvalue weighted by atomic mass is 9.96. The van der Waals surface area contributed by atoms with E-state index in [1.165, 1.54) is 31.2 Å². The second-order valence-electron chi connectivity index (χ2n) is 8.66. The maximum atomic E-state index is 13.2. The number of H-pyrrole nitrogens is 1. The minimum absolute atomic E-state index is 0.0215. The highest BCUT2D eigenvalue weighted by atomic mass is 19.1. The Morgan fingerprint density at radius 2 is 1.86 bits per heavy atom. The summed E-state index contributed by atoms with van der Waals surface area (Å²) in [4.78, 5) is 52.8. The Balaban J connectivity index is 1.72. The lowest BCUT2D eigenvalue weighted by molar-refractivity contribution is -0.132. The number of rotatable bonds is 12. The summed E-state index contributed by atoms with van der Waals surface area (Å²) in [7, 11) is 0. The number of ketones is 1. The van der Waals surface area contributed by atoms with Crippen molar-refractivity contribution in [3.8, 4) is 0 Å². The first-order valence-electron chi connectivity index (χ1n) is 11.8. The Bertz CT molecular complexity index is 1160. The maximum absolute atomic E-state index is 13.2. The van der Waals surface area contributed by atoms with Gasteiger partial charge in [-0.25, -0.2) is 4.39 Å². The smallest absolute Gasteiger partial charge is 0.243 e. The Kier molecular flexibility index (Phi) is 9.26. The van der Waals surface area contributed by atoms with Gasteiger partial charge in [0.1, 0.15) is 17.9 Å². The van der Waals surface area contributed by atoms with E-state index in [1.54, 1.807) is 0 Å². The van der Waals surface area contributed by atoms with E-state index in [0.717, 1.165) is 29.7 Å². The van der Waals surface area contributed by atoms with E-state index in [4.69, 9.17) is 5.41 Å². The van der Waals surface area contributed by atoms with Crippen molar-refractivity contribution < 1.29 is 23.6 Å². The fourth-order valence-electron chi connectivity index (χ4n) is 4.06. The number of nitrogens with one attached hydrogen (secondary N) is 5. The van der Waals surface area contributed by atoms with Gasteiger partial charge in [0.15, 0.2) is 5.78 Å². The predicted molar refractivity (Wildman–Crippen MR) is 133 cm³/mol. The molecule has 0 aliphatic heterocycles. The molecule has 1 heterocycles. The molecule has 1 aromatic carbocycles. The fraction of sp³-hybridized carbons (Fsp3) is 0.346. The molecule has 0 bridgehead atoms. The monoisotopic (exact) mass is 495 g/mol. The van der Waals surface area contributed by atoms with Gasteiger partial charge in [0, 0.05) is 38.2 Å². The number of aromatic amines is 1. The number of fused-ring (bicyclic) bond motifs is 1. The molecule has 3 rings (SSSR count). The van der Waals surface area contributed by atoms with Crippen LogP contribution in [0.5, 0.6) is 0 Å². The summed E-state index contributed by atoms with van der Waals surface area (Å²) in [6, 6.07) is 3.61. The van der Waals surface area contributed by atoms with Crippen molar-refractivity contribution >= 4 is 35.8 Å². The molecule has 1 aliphatic carbocycles. The number of Topliss-reactive ketones (excluding diaryl/α,β-unsaturated/α-hetero) is 1. The van der Waals surface area contributed by atoms with Gasteiger partial charge >= 0.3 is 0 Å². The second-order valence-corrected chi connectivity index (χ2v) is 8.66. The van der Waals surface area contributed by atoms with Crippen LogP contribution in [0.3, 0.4) is 0 Å². The normalized spacial score (nSPS) is 13.7. The van der Waals surface area contributed by atoms with Crippen LogP contribution in [0.2, 0.25) is 0 Å². The molecule has 0 unspecified atom stereocenters. The number of allylic oxidation sites excluding steroid dienone is 1. The Morgan fingerprint density at radius 1 is 1.11 bits per heavy atom. The van der Waals surface area contributed by atoms with Crippen molar-refractivity contribution in [2.24, 2.45) is 0 Å². The average Bonchev–Trinajstić information content (AvgIpc) is 3.27. The molecule has 3 amide bonds. The topological polar surface area (TPSA) is 144 Å². The van der Waals surface area contributed by atoms with Crippen molar-refractivity contribution in [1.29, 1.82) is 5.41 Å². The summed E-state index contributed by atoms with van der Waals surface area (Å²) in [5.41, 5.74) is 3.62. The minimum atomic E-state index is -1.07. The van der Waals surface area contributed by atoms with E-state index < -0.39 is 41.4 Å². The number of aromatic nitrogens is 1. The molecule has 1 aliphatic rings. The number of benzene rings is 1. The van der Waals surface area contributed by atoms with Crippen LogP contribution in [-0.4, -0.2) is 46.8 Å². The number of amides is 3. The summed E-state index contributed by atoms with van der Waals surface area (Å²) < 4.78 is 13.1. The van der Waals surface area contributed by atoms with Crippen LogP contribution < -0.4 is 16.0 Å². The van der Waals surface area contributed by atoms with E-state index in [1.807, 2.05) is 12.3 Å². The third-order valence-electron chi connectivity index (χ3n) is 5.93. The Morgan fingerprint density at radius 3 is 2.56 bits per heavy atom. The number of carbonyl (C=O) groups excluding carboxylic acids is 4. The molecule has 2 atom stereocenters. The Labute approximate surface area is 208 Å². The van der Waals surface area contributed by atoms with Crippen molar-refractivity contribution in [1.82, 2.24) is 20.9 Å². The zero-order valence-electron chi connectivity index (χ0n) is 20.0. The van der Waals surface area contributed by atoms with E-state index in [9.17, 15) is 23.6 Å². The van der Waals surface area contributed by atoms with Crippen molar-refractivity contribution in [2.75, 3.05) is 0 Å². The molecule has 0 radical (unpaired) electrons. The lowest BCUT2D eigenvalue weighted by Crippen LogP contribution is -2.54. The maximum Gasteiger partial charge on any atom is 0.243 e. The molecular weight excluding hydrogens is 465 g/mol. The first-order valence-corrected chi connectivity index (χ1v) is 11.8. The Hall–Kier alpha value is -4.08. The van der Waals surface area contributed by atoms with E-state index >= 15 is 0 Å². The number of hydrogen-bond donors (Lipinski definition) is 5. The van der Waals surface area contributed by atoms with Crippen LogP contribution >= 0.6 is 0 Å². The second kappa shape index (κ2) is 12.6. The largest absolute Gasteiger partial charge is 0.361 e. The summed E-state index contributed by atoms with van der Waals surface area (Å²) in [5, 5.41) is 15.1. The van der Waals surface area contributed by atoms with Crippen LogP contribution in [-0.2, 0) is 38.6 Å². The highest BCUT2D eigenvalue weighted by molar-refractivity contribution is 6.26. The molecule has 10 heteroatoms. The molecule has 9 nitrogen and oxygen atoms in total. The van der Waals surface area contributed by atoms with Gasteiger partial charge in [-0.2, -0.15) is 0 Å². The average molecular weight is 496 g/mol. The van der Waals surface area contributed by atoms with Crippen LogP contribution in [0.1, 0.15) is 48.6 Å². The van der Waals surface area contributed by atoms with Crippen LogP contribution in [0.15, 0.2) is 36.5 Å². The third-order valence-corrected chi connectivity index (χ3v) is 5.93. The van der Waals surface area contributed by atoms with E-state index in [-0.39, 0.29) is 25.8 Å². The molecule has 5 N–H and O–H groups in total. The first kappa shape index (κ1) is 26.5. The summed E-state index contributed by atoms with van der Waals surface area (Å²) in [6.45, 7) is 1.41. The predicted octanol–water partition coefficient (Wildman–Crippen LogP) is 1.96. The SMILES string of the molecule is CC(=O)N[C@@H](Cc1c[nH]c2c1CCC=C2)C(=O)N[C@@H](CCC(=O)C=N)C(=O)NCc1ccc(F)cc1. The lowest BCUT2D eigenvalue weighted by Gasteiger charge is -2.23. The van der Waals surface area contributed by atoms with Crippen LogP contribution in [0.25, 0.3) is 6.08 Å². The molecular formula is C26H30FN5O4. The van der Waals surface area contributed by atoms with Crippen molar-refractivity contribution in [3.05, 3.63) is 64.7 Å². The summed E-state index contributed by atoms with van der Waals surface area (Å²) >= 11 is 0. The fourth-order valence-corrected chi connectivity index (χ4v) is 4.06. The van der Waals surface area contributed by atoms with Gasteiger partial charge in [-0.05, 0) is 54.2 Å².